The molecule has 1 aliphatic heterocycles. The lowest BCUT2D eigenvalue weighted by Gasteiger charge is -2.32. The SMILES string of the molecule is Cc1cc(NC(=O)COC(=O)CCN2C(=O)C(C)Oc3ccccc32)ccc1Br. The number of nitrogens with one attached hydrogen (secondary N) is 1. The van der Waals surface area contributed by atoms with E-state index in [1.54, 1.807) is 31.2 Å². The van der Waals surface area contributed by atoms with Crippen molar-refractivity contribution in [1.29, 1.82) is 0 Å². The average molecular weight is 461 g/mol. The van der Waals surface area contributed by atoms with Gasteiger partial charge in [-0.05, 0) is 49.7 Å². The molecule has 152 valence electrons. The first kappa shape index (κ1) is 20.9. The highest BCUT2D eigenvalue weighted by molar-refractivity contribution is 9.10. The molecular formula is C21H21BrN2O5. The van der Waals surface area contributed by atoms with E-state index in [9.17, 15) is 14.4 Å². The second-order valence-electron chi connectivity index (χ2n) is 6.64. The van der Waals surface area contributed by atoms with Crippen molar-refractivity contribution >= 4 is 45.1 Å². The van der Waals surface area contributed by atoms with Gasteiger partial charge in [-0.3, -0.25) is 14.4 Å². The Bertz CT molecular complexity index is 946. The van der Waals surface area contributed by atoms with Gasteiger partial charge in [-0.2, -0.15) is 0 Å². The van der Waals surface area contributed by atoms with Crippen molar-refractivity contribution in [3.8, 4) is 5.75 Å². The molecule has 0 radical (unpaired) electrons. The van der Waals surface area contributed by atoms with E-state index in [4.69, 9.17) is 9.47 Å². The summed E-state index contributed by atoms with van der Waals surface area (Å²) in [6.45, 7) is 3.33. The van der Waals surface area contributed by atoms with Crippen LogP contribution >= 0.6 is 15.9 Å². The summed E-state index contributed by atoms with van der Waals surface area (Å²) in [5.41, 5.74) is 2.22. The molecule has 0 spiro atoms. The number of carbonyl (C=O) groups is 3. The first-order chi connectivity index (χ1) is 13.8. The fourth-order valence-electron chi connectivity index (χ4n) is 2.93. The van der Waals surface area contributed by atoms with Crippen molar-refractivity contribution in [3.05, 3.63) is 52.5 Å². The third-order valence-corrected chi connectivity index (χ3v) is 5.31. The zero-order valence-corrected chi connectivity index (χ0v) is 17.7. The second-order valence-corrected chi connectivity index (χ2v) is 7.49. The lowest BCUT2D eigenvalue weighted by Crippen LogP contribution is -2.45. The zero-order chi connectivity index (χ0) is 21.0. The van der Waals surface area contributed by atoms with Gasteiger partial charge in [0.2, 0.25) is 0 Å². The number of esters is 1. The average Bonchev–Trinajstić information content (AvgIpc) is 2.69. The van der Waals surface area contributed by atoms with Gasteiger partial charge in [0.15, 0.2) is 12.7 Å². The minimum atomic E-state index is -0.624. The summed E-state index contributed by atoms with van der Waals surface area (Å²) in [6, 6.07) is 12.5. The summed E-state index contributed by atoms with van der Waals surface area (Å²) >= 11 is 3.40. The molecule has 2 amide bonds. The normalized spacial score (nSPS) is 15.3. The molecule has 0 aromatic heterocycles. The number of amides is 2. The van der Waals surface area contributed by atoms with Crippen LogP contribution in [0.3, 0.4) is 0 Å². The Morgan fingerprint density at radius 2 is 2.00 bits per heavy atom. The minimum Gasteiger partial charge on any atom is -0.479 e. The van der Waals surface area contributed by atoms with E-state index in [-0.39, 0.29) is 18.9 Å². The lowest BCUT2D eigenvalue weighted by atomic mass is 10.2. The summed E-state index contributed by atoms with van der Waals surface area (Å²) in [6.07, 6.45) is -0.654. The van der Waals surface area contributed by atoms with Gasteiger partial charge in [0, 0.05) is 16.7 Å². The molecule has 0 saturated heterocycles. The van der Waals surface area contributed by atoms with Crippen LogP contribution in [0, 0.1) is 6.92 Å². The number of rotatable bonds is 6. The number of para-hydroxylation sites is 2. The van der Waals surface area contributed by atoms with E-state index >= 15 is 0 Å². The zero-order valence-electron chi connectivity index (χ0n) is 16.1. The molecule has 7 nitrogen and oxygen atoms in total. The standard InChI is InChI=1S/C21H21BrN2O5/c1-13-11-15(7-8-16(13)22)23-19(25)12-28-20(26)9-10-24-17-5-3-4-6-18(17)29-14(2)21(24)27/h3-8,11,14H,9-10,12H2,1-2H3,(H,23,25). The number of benzene rings is 2. The summed E-state index contributed by atoms with van der Waals surface area (Å²) in [4.78, 5) is 38.0. The largest absolute Gasteiger partial charge is 0.479 e. The topological polar surface area (TPSA) is 84.9 Å². The number of halogens is 1. The minimum absolute atomic E-state index is 0.0303. The number of fused-ring (bicyclic) bond motifs is 1. The maximum Gasteiger partial charge on any atom is 0.308 e. The van der Waals surface area contributed by atoms with Crippen molar-refractivity contribution < 1.29 is 23.9 Å². The molecule has 29 heavy (non-hydrogen) atoms. The van der Waals surface area contributed by atoms with E-state index in [0.717, 1.165) is 10.0 Å². The van der Waals surface area contributed by atoms with E-state index < -0.39 is 24.6 Å². The first-order valence-corrected chi connectivity index (χ1v) is 9.93. The number of ether oxygens (including phenoxy) is 2. The Morgan fingerprint density at radius 1 is 1.24 bits per heavy atom. The highest BCUT2D eigenvalue weighted by Crippen LogP contribution is 2.33. The molecule has 0 aliphatic carbocycles. The molecule has 1 N–H and O–H groups in total. The van der Waals surface area contributed by atoms with Gasteiger partial charge in [0.1, 0.15) is 5.75 Å². The summed E-state index contributed by atoms with van der Waals surface area (Å²) in [5.74, 6) is -0.616. The third kappa shape index (κ3) is 5.14. The summed E-state index contributed by atoms with van der Waals surface area (Å²) in [5, 5.41) is 2.68. The summed E-state index contributed by atoms with van der Waals surface area (Å²) in [7, 11) is 0. The van der Waals surface area contributed by atoms with Crippen molar-refractivity contribution in [3.63, 3.8) is 0 Å². The van der Waals surface area contributed by atoms with Crippen LogP contribution < -0.4 is 15.0 Å². The van der Waals surface area contributed by atoms with Gasteiger partial charge in [0.05, 0.1) is 12.1 Å². The van der Waals surface area contributed by atoms with Gasteiger partial charge in [-0.1, -0.05) is 28.1 Å². The second kappa shape index (κ2) is 9.09. The number of anilines is 2. The fraction of sp³-hybridized carbons (Fsp3) is 0.286. The van der Waals surface area contributed by atoms with Gasteiger partial charge in [-0.25, -0.2) is 0 Å². The van der Waals surface area contributed by atoms with Crippen LogP contribution in [0.5, 0.6) is 5.75 Å². The van der Waals surface area contributed by atoms with Crippen molar-refractivity contribution in [2.75, 3.05) is 23.4 Å². The molecular weight excluding hydrogens is 440 g/mol. The first-order valence-electron chi connectivity index (χ1n) is 9.14. The van der Waals surface area contributed by atoms with Crippen LogP contribution in [0.15, 0.2) is 46.9 Å². The molecule has 2 aromatic rings. The molecule has 1 unspecified atom stereocenters. The highest BCUT2D eigenvalue weighted by Gasteiger charge is 2.31. The van der Waals surface area contributed by atoms with Crippen molar-refractivity contribution in [2.24, 2.45) is 0 Å². The molecule has 1 aliphatic rings. The number of nitrogens with zero attached hydrogens (tertiary/aromatic N) is 1. The monoisotopic (exact) mass is 460 g/mol. The molecule has 8 heteroatoms. The molecule has 3 rings (SSSR count). The Hall–Kier alpha value is -2.87. The Morgan fingerprint density at radius 3 is 2.76 bits per heavy atom. The predicted molar refractivity (Wildman–Crippen MR) is 112 cm³/mol. The third-order valence-electron chi connectivity index (χ3n) is 4.42. The number of aryl methyl sites for hydroxylation is 1. The Balaban J connectivity index is 1.50. The van der Waals surface area contributed by atoms with Crippen LogP contribution in [0.2, 0.25) is 0 Å². The van der Waals surface area contributed by atoms with Gasteiger partial charge in [-0.15, -0.1) is 0 Å². The number of carbonyl (C=O) groups excluding carboxylic acids is 3. The predicted octanol–water partition coefficient (Wildman–Crippen LogP) is 3.44. The quantitative estimate of drug-likeness (QED) is 0.667. The van der Waals surface area contributed by atoms with Gasteiger partial charge < -0.3 is 19.7 Å². The molecule has 0 bridgehead atoms. The van der Waals surface area contributed by atoms with Gasteiger partial charge in [0.25, 0.3) is 11.8 Å². The van der Waals surface area contributed by atoms with Crippen molar-refractivity contribution in [1.82, 2.24) is 0 Å². The Kier molecular flexibility index (Phi) is 6.53. The Labute approximate surface area is 177 Å². The van der Waals surface area contributed by atoms with E-state index in [1.807, 2.05) is 25.1 Å². The van der Waals surface area contributed by atoms with Gasteiger partial charge >= 0.3 is 5.97 Å². The van der Waals surface area contributed by atoms with E-state index in [0.29, 0.717) is 17.1 Å². The number of hydrogen-bond donors (Lipinski definition) is 1. The number of hydrogen-bond acceptors (Lipinski definition) is 5. The van der Waals surface area contributed by atoms with Crippen LogP contribution in [0.4, 0.5) is 11.4 Å². The molecule has 1 heterocycles. The van der Waals surface area contributed by atoms with Crippen molar-refractivity contribution in [2.45, 2.75) is 26.4 Å². The maximum atomic E-state index is 12.4. The molecule has 1 atom stereocenters. The van der Waals surface area contributed by atoms with Crippen LogP contribution in [0.25, 0.3) is 0 Å². The lowest BCUT2D eigenvalue weighted by molar-refractivity contribution is -0.147. The van der Waals surface area contributed by atoms with E-state index in [1.165, 1.54) is 4.90 Å². The van der Waals surface area contributed by atoms with E-state index in [2.05, 4.69) is 21.2 Å². The fourth-order valence-corrected chi connectivity index (χ4v) is 3.18. The smallest absolute Gasteiger partial charge is 0.308 e. The van der Waals surface area contributed by atoms with Crippen LogP contribution in [-0.4, -0.2) is 37.0 Å². The van der Waals surface area contributed by atoms with Crippen LogP contribution in [-0.2, 0) is 19.1 Å². The molecule has 2 aromatic carbocycles. The highest BCUT2D eigenvalue weighted by atomic mass is 79.9. The van der Waals surface area contributed by atoms with Crippen LogP contribution in [0.1, 0.15) is 18.9 Å². The summed E-state index contributed by atoms with van der Waals surface area (Å²) < 4.78 is 11.6. The molecule has 0 saturated carbocycles. The maximum absolute atomic E-state index is 12.4. The molecule has 0 fully saturated rings.